The van der Waals surface area contributed by atoms with Gasteiger partial charge in [0, 0.05) is 22.9 Å². The number of benzene rings is 3. The van der Waals surface area contributed by atoms with Crippen LogP contribution in [0, 0.1) is 13.8 Å². The Labute approximate surface area is 216 Å². The Balaban J connectivity index is 1.48. The predicted octanol–water partition coefficient (Wildman–Crippen LogP) is 4.84. The molecule has 0 saturated carbocycles. The molecule has 0 saturated heterocycles. The lowest BCUT2D eigenvalue weighted by molar-refractivity contribution is 0.415. The molecular formula is C29H23N5O2S. The number of fused-ring (bicyclic) bond motifs is 1. The van der Waals surface area contributed by atoms with Crippen LogP contribution in [0.2, 0.25) is 0 Å². The zero-order valence-corrected chi connectivity index (χ0v) is 21.4. The largest absolute Gasteiger partial charge is 0.497 e. The van der Waals surface area contributed by atoms with Gasteiger partial charge < -0.3 is 4.74 Å². The van der Waals surface area contributed by atoms with Gasteiger partial charge in [-0.15, -0.1) is 5.10 Å². The van der Waals surface area contributed by atoms with Crippen molar-refractivity contribution in [1.29, 1.82) is 0 Å². The van der Waals surface area contributed by atoms with Crippen LogP contribution in [0.4, 0.5) is 0 Å². The summed E-state index contributed by atoms with van der Waals surface area (Å²) in [7, 11) is 1.62. The lowest BCUT2D eigenvalue weighted by atomic mass is 10.0. The Morgan fingerprint density at radius 3 is 2.46 bits per heavy atom. The first-order valence-electron chi connectivity index (χ1n) is 11.8. The van der Waals surface area contributed by atoms with Gasteiger partial charge in [-0.3, -0.25) is 4.79 Å². The van der Waals surface area contributed by atoms with Crippen LogP contribution in [0.15, 0.2) is 83.8 Å². The molecule has 3 heterocycles. The molecule has 8 heteroatoms. The van der Waals surface area contributed by atoms with Gasteiger partial charge in [0.05, 0.1) is 17.3 Å². The normalized spacial score (nSPS) is 11.9. The lowest BCUT2D eigenvalue weighted by Crippen LogP contribution is -2.23. The van der Waals surface area contributed by atoms with Crippen molar-refractivity contribution in [2.45, 2.75) is 13.8 Å². The highest BCUT2D eigenvalue weighted by atomic mass is 32.1. The molecule has 0 N–H and O–H groups in total. The molecule has 0 fully saturated rings. The molecule has 3 aromatic heterocycles. The standard InChI is InChI=1S/C29H23N5O2S/c1-18-9-10-19(2)24(15-18)26-21(17-33(31-26)22-7-5-4-6-8-22)16-25-28(35)34-29(37-25)30-27(32-34)20-11-13-23(36-3)14-12-20/h4-17H,1-3H3. The van der Waals surface area contributed by atoms with Gasteiger partial charge in [-0.25, -0.2) is 4.68 Å². The fourth-order valence-corrected chi connectivity index (χ4v) is 5.14. The molecule has 0 unspecified atom stereocenters. The van der Waals surface area contributed by atoms with Crippen LogP contribution in [0.1, 0.15) is 16.7 Å². The van der Waals surface area contributed by atoms with Crippen molar-refractivity contribution >= 4 is 22.4 Å². The first-order valence-corrected chi connectivity index (χ1v) is 12.6. The van der Waals surface area contributed by atoms with Gasteiger partial charge in [0.25, 0.3) is 5.56 Å². The minimum atomic E-state index is -0.202. The van der Waals surface area contributed by atoms with E-state index in [2.05, 4.69) is 42.1 Å². The topological polar surface area (TPSA) is 74.3 Å². The summed E-state index contributed by atoms with van der Waals surface area (Å²) >= 11 is 1.32. The van der Waals surface area contributed by atoms with Crippen LogP contribution in [-0.2, 0) is 0 Å². The SMILES string of the molecule is COc1ccc(-c2nc3sc(=Cc4cn(-c5ccccc5)nc4-c4cc(C)ccc4C)c(=O)n3n2)cc1. The van der Waals surface area contributed by atoms with E-state index in [1.807, 2.05) is 71.6 Å². The predicted molar refractivity (Wildman–Crippen MR) is 146 cm³/mol. The van der Waals surface area contributed by atoms with E-state index in [0.717, 1.165) is 44.9 Å². The summed E-state index contributed by atoms with van der Waals surface area (Å²) in [5, 5.41) is 9.41. The number of methoxy groups -OCH3 is 1. The van der Waals surface area contributed by atoms with Crippen LogP contribution in [0.5, 0.6) is 5.75 Å². The summed E-state index contributed by atoms with van der Waals surface area (Å²) in [6.07, 6.45) is 3.85. The number of thiazole rings is 1. The van der Waals surface area contributed by atoms with Gasteiger partial charge in [-0.1, -0.05) is 47.2 Å². The Kier molecular flexibility index (Phi) is 5.65. The molecule has 37 heavy (non-hydrogen) atoms. The van der Waals surface area contributed by atoms with E-state index in [9.17, 15) is 4.79 Å². The second kappa shape index (κ2) is 9.15. The summed E-state index contributed by atoms with van der Waals surface area (Å²) in [6.45, 7) is 4.14. The third kappa shape index (κ3) is 4.21. The molecule has 0 atom stereocenters. The van der Waals surface area contributed by atoms with Gasteiger partial charge in [0.2, 0.25) is 4.96 Å². The fraction of sp³-hybridized carbons (Fsp3) is 0.103. The van der Waals surface area contributed by atoms with Crippen molar-refractivity contribution in [1.82, 2.24) is 24.4 Å². The van der Waals surface area contributed by atoms with E-state index in [4.69, 9.17) is 9.84 Å². The molecule has 0 spiro atoms. The quantitative estimate of drug-likeness (QED) is 0.335. The molecule has 6 rings (SSSR count). The molecular weight excluding hydrogens is 482 g/mol. The zero-order chi connectivity index (χ0) is 25.5. The molecule has 0 radical (unpaired) electrons. The zero-order valence-electron chi connectivity index (χ0n) is 20.5. The van der Waals surface area contributed by atoms with E-state index in [-0.39, 0.29) is 5.56 Å². The molecule has 0 aliphatic rings. The minimum absolute atomic E-state index is 0.202. The summed E-state index contributed by atoms with van der Waals surface area (Å²) in [4.78, 5) is 18.5. The maximum atomic E-state index is 13.3. The molecule has 3 aromatic carbocycles. The van der Waals surface area contributed by atoms with Crippen LogP contribution in [0.3, 0.4) is 0 Å². The van der Waals surface area contributed by atoms with Crippen LogP contribution < -0.4 is 14.8 Å². The third-order valence-electron chi connectivity index (χ3n) is 6.23. The van der Waals surface area contributed by atoms with Crippen molar-refractivity contribution in [3.05, 3.63) is 111 Å². The third-order valence-corrected chi connectivity index (χ3v) is 7.19. The van der Waals surface area contributed by atoms with Crippen molar-refractivity contribution in [3.8, 4) is 34.1 Å². The second-order valence-electron chi connectivity index (χ2n) is 8.81. The molecule has 6 aromatic rings. The maximum Gasteiger partial charge on any atom is 0.291 e. The van der Waals surface area contributed by atoms with Gasteiger partial charge in [-0.05, 0) is 68.0 Å². The van der Waals surface area contributed by atoms with Gasteiger partial charge >= 0.3 is 0 Å². The molecule has 0 amide bonds. The number of hydrogen-bond donors (Lipinski definition) is 0. The van der Waals surface area contributed by atoms with Gasteiger partial charge in [0.1, 0.15) is 11.4 Å². The average molecular weight is 506 g/mol. The van der Waals surface area contributed by atoms with E-state index in [1.165, 1.54) is 15.9 Å². The van der Waals surface area contributed by atoms with Crippen molar-refractivity contribution in [2.24, 2.45) is 0 Å². The lowest BCUT2D eigenvalue weighted by Gasteiger charge is -2.05. The van der Waals surface area contributed by atoms with E-state index in [0.29, 0.717) is 15.3 Å². The first-order chi connectivity index (χ1) is 18.0. The first kappa shape index (κ1) is 22.9. The molecule has 182 valence electrons. The van der Waals surface area contributed by atoms with Crippen LogP contribution in [0.25, 0.3) is 39.4 Å². The molecule has 0 aliphatic heterocycles. The van der Waals surface area contributed by atoms with Crippen LogP contribution >= 0.6 is 11.3 Å². The van der Waals surface area contributed by atoms with Crippen LogP contribution in [-0.4, -0.2) is 31.5 Å². The molecule has 0 bridgehead atoms. The van der Waals surface area contributed by atoms with E-state index in [1.54, 1.807) is 7.11 Å². The van der Waals surface area contributed by atoms with Crippen molar-refractivity contribution < 1.29 is 4.74 Å². The summed E-state index contributed by atoms with van der Waals surface area (Å²) in [6, 6.07) is 23.7. The van der Waals surface area contributed by atoms with Crippen molar-refractivity contribution in [2.75, 3.05) is 7.11 Å². The number of rotatable bonds is 5. The summed E-state index contributed by atoms with van der Waals surface area (Å²) in [5.41, 5.74) is 6.55. The Bertz CT molecular complexity index is 1850. The van der Waals surface area contributed by atoms with Gasteiger partial charge in [-0.2, -0.15) is 14.6 Å². The number of aryl methyl sites for hydroxylation is 2. The minimum Gasteiger partial charge on any atom is -0.497 e. The van der Waals surface area contributed by atoms with Crippen molar-refractivity contribution in [3.63, 3.8) is 0 Å². The average Bonchev–Trinajstić information content (AvgIpc) is 3.61. The number of para-hydroxylation sites is 1. The Hall–Kier alpha value is -4.56. The Morgan fingerprint density at radius 2 is 1.73 bits per heavy atom. The highest BCUT2D eigenvalue weighted by Gasteiger charge is 2.16. The second-order valence-corrected chi connectivity index (χ2v) is 9.81. The number of hydrogen-bond acceptors (Lipinski definition) is 6. The fourth-order valence-electron chi connectivity index (χ4n) is 4.24. The van der Waals surface area contributed by atoms with Gasteiger partial charge in [0.15, 0.2) is 5.82 Å². The van der Waals surface area contributed by atoms with E-state index >= 15 is 0 Å². The molecule has 0 aliphatic carbocycles. The maximum absolute atomic E-state index is 13.3. The summed E-state index contributed by atoms with van der Waals surface area (Å²) < 4.78 is 9.00. The number of aromatic nitrogens is 5. The highest BCUT2D eigenvalue weighted by molar-refractivity contribution is 7.15. The monoisotopic (exact) mass is 505 g/mol. The highest BCUT2D eigenvalue weighted by Crippen LogP contribution is 2.28. The smallest absolute Gasteiger partial charge is 0.291 e. The Morgan fingerprint density at radius 1 is 0.946 bits per heavy atom. The van der Waals surface area contributed by atoms with E-state index < -0.39 is 0 Å². The summed E-state index contributed by atoms with van der Waals surface area (Å²) in [5.74, 6) is 1.26. The molecule has 7 nitrogen and oxygen atoms in total. The number of ether oxygens (including phenoxy) is 1. The number of nitrogens with zero attached hydrogens (tertiary/aromatic N) is 5.